The first kappa shape index (κ1) is 8.30. The summed E-state index contributed by atoms with van der Waals surface area (Å²) in [7, 11) is 0. The van der Waals surface area contributed by atoms with Crippen molar-refractivity contribution in [1.29, 1.82) is 0 Å². The monoisotopic (exact) mass is 155 g/mol. The van der Waals surface area contributed by atoms with Crippen molar-refractivity contribution < 1.29 is 9.52 Å². The van der Waals surface area contributed by atoms with Crippen LogP contribution in [0.25, 0.3) is 0 Å². The second-order valence-corrected chi connectivity index (χ2v) is 2.54. The van der Waals surface area contributed by atoms with Crippen LogP contribution in [0.4, 0.5) is 0 Å². The third-order valence-electron chi connectivity index (χ3n) is 1.48. The number of furan rings is 1. The Morgan fingerprint density at radius 3 is 3.09 bits per heavy atom. The molecule has 0 aliphatic heterocycles. The number of hydrogen-bond donors (Lipinski definition) is 2. The van der Waals surface area contributed by atoms with E-state index in [4.69, 9.17) is 9.52 Å². The van der Waals surface area contributed by atoms with Crippen LogP contribution in [-0.4, -0.2) is 17.8 Å². The molecule has 3 heteroatoms. The van der Waals surface area contributed by atoms with Gasteiger partial charge in [-0.25, -0.2) is 0 Å². The van der Waals surface area contributed by atoms with Gasteiger partial charge in [-0.1, -0.05) is 0 Å². The van der Waals surface area contributed by atoms with E-state index in [1.807, 2.05) is 19.1 Å². The quantitative estimate of drug-likeness (QED) is 0.674. The van der Waals surface area contributed by atoms with Crippen molar-refractivity contribution in [2.75, 3.05) is 6.61 Å². The van der Waals surface area contributed by atoms with Crippen LogP contribution in [-0.2, 0) is 6.54 Å². The van der Waals surface area contributed by atoms with Crippen LogP contribution in [0, 0.1) is 0 Å². The molecule has 0 amide bonds. The van der Waals surface area contributed by atoms with Gasteiger partial charge in [0.05, 0.1) is 19.4 Å². The van der Waals surface area contributed by atoms with Crippen molar-refractivity contribution in [2.45, 2.75) is 19.5 Å². The van der Waals surface area contributed by atoms with E-state index in [2.05, 4.69) is 5.32 Å². The highest BCUT2D eigenvalue weighted by Crippen LogP contribution is 1.98. The Labute approximate surface area is 66.0 Å². The maximum absolute atomic E-state index is 8.67. The van der Waals surface area contributed by atoms with Gasteiger partial charge in [0.25, 0.3) is 0 Å². The van der Waals surface area contributed by atoms with E-state index in [9.17, 15) is 0 Å². The number of nitrogens with one attached hydrogen (secondary N) is 1. The van der Waals surface area contributed by atoms with E-state index in [1.54, 1.807) is 6.26 Å². The SMILES string of the molecule is C[C@H](CO)NCc1ccco1. The Morgan fingerprint density at radius 2 is 2.55 bits per heavy atom. The molecule has 11 heavy (non-hydrogen) atoms. The fraction of sp³-hybridized carbons (Fsp3) is 0.500. The van der Waals surface area contributed by atoms with Crippen molar-refractivity contribution in [1.82, 2.24) is 5.32 Å². The second-order valence-electron chi connectivity index (χ2n) is 2.54. The number of rotatable bonds is 4. The molecular weight excluding hydrogens is 142 g/mol. The van der Waals surface area contributed by atoms with E-state index in [0.29, 0.717) is 6.54 Å². The molecule has 0 aliphatic carbocycles. The molecule has 0 saturated carbocycles. The molecule has 1 atom stereocenters. The smallest absolute Gasteiger partial charge is 0.117 e. The predicted molar refractivity (Wildman–Crippen MR) is 42.1 cm³/mol. The maximum Gasteiger partial charge on any atom is 0.117 e. The first-order valence-electron chi connectivity index (χ1n) is 3.69. The molecule has 0 unspecified atom stereocenters. The summed E-state index contributed by atoms with van der Waals surface area (Å²) >= 11 is 0. The van der Waals surface area contributed by atoms with Crippen molar-refractivity contribution in [2.24, 2.45) is 0 Å². The number of aliphatic hydroxyl groups is 1. The lowest BCUT2D eigenvalue weighted by Crippen LogP contribution is -2.28. The fourth-order valence-corrected chi connectivity index (χ4v) is 0.753. The van der Waals surface area contributed by atoms with Crippen LogP contribution in [0.1, 0.15) is 12.7 Å². The number of hydrogen-bond acceptors (Lipinski definition) is 3. The fourth-order valence-electron chi connectivity index (χ4n) is 0.753. The summed E-state index contributed by atoms with van der Waals surface area (Å²) in [6.45, 7) is 2.75. The second kappa shape index (κ2) is 4.16. The highest BCUT2D eigenvalue weighted by atomic mass is 16.3. The lowest BCUT2D eigenvalue weighted by atomic mass is 10.3. The molecule has 0 spiro atoms. The molecule has 1 heterocycles. The van der Waals surface area contributed by atoms with Crippen molar-refractivity contribution in [3.8, 4) is 0 Å². The molecular formula is C8H13NO2. The Hall–Kier alpha value is -0.800. The summed E-state index contributed by atoms with van der Waals surface area (Å²) in [6.07, 6.45) is 1.64. The minimum Gasteiger partial charge on any atom is -0.468 e. The average molecular weight is 155 g/mol. The van der Waals surface area contributed by atoms with Crippen molar-refractivity contribution in [3.63, 3.8) is 0 Å². The summed E-state index contributed by atoms with van der Waals surface area (Å²) in [5.74, 6) is 0.894. The lowest BCUT2D eigenvalue weighted by Gasteiger charge is -2.07. The summed E-state index contributed by atoms with van der Waals surface area (Å²) in [5, 5.41) is 11.8. The largest absolute Gasteiger partial charge is 0.468 e. The van der Waals surface area contributed by atoms with E-state index in [0.717, 1.165) is 5.76 Å². The zero-order valence-electron chi connectivity index (χ0n) is 6.58. The van der Waals surface area contributed by atoms with E-state index < -0.39 is 0 Å². The van der Waals surface area contributed by atoms with Crippen LogP contribution in [0.2, 0.25) is 0 Å². The molecule has 0 aliphatic rings. The third-order valence-corrected chi connectivity index (χ3v) is 1.48. The standard InChI is InChI=1S/C8H13NO2/c1-7(6-10)9-5-8-3-2-4-11-8/h2-4,7,9-10H,5-6H2,1H3/t7-/m1/s1. The van der Waals surface area contributed by atoms with Gasteiger partial charge in [0.2, 0.25) is 0 Å². The van der Waals surface area contributed by atoms with Gasteiger partial charge in [-0.2, -0.15) is 0 Å². The molecule has 3 nitrogen and oxygen atoms in total. The third kappa shape index (κ3) is 2.74. The molecule has 1 aromatic rings. The lowest BCUT2D eigenvalue weighted by molar-refractivity contribution is 0.248. The summed E-state index contributed by atoms with van der Waals surface area (Å²) in [5.41, 5.74) is 0. The predicted octanol–water partition coefficient (Wildman–Crippen LogP) is 0.750. The molecule has 0 fully saturated rings. The van der Waals surface area contributed by atoms with Gasteiger partial charge in [-0.15, -0.1) is 0 Å². The van der Waals surface area contributed by atoms with Crippen molar-refractivity contribution >= 4 is 0 Å². The molecule has 0 bridgehead atoms. The maximum atomic E-state index is 8.67. The van der Waals surface area contributed by atoms with Gasteiger partial charge in [0, 0.05) is 6.04 Å². The van der Waals surface area contributed by atoms with Crippen molar-refractivity contribution in [3.05, 3.63) is 24.2 Å². The van der Waals surface area contributed by atoms with E-state index >= 15 is 0 Å². The summed E-state index contributed by atoms with van der Waals surface area (Å²) < 4.78 is 5.08. The highest BCUT2D eigenvalue weighted by molar-refractivity contribution is 4.97. The average Bonchev–Trinajstić information content (AvgIpc) is 2.52. The van der Waals surface area contributed by atoms with Gasteiger partial charge in [0.15, 0.2) is 0 Å². The molecule has 1 rings (SSSR count). The Balaban J connectivity index is 2.23. The van der Waals surface area contributed by atoms with Gasteiger partial charge in [-0.05, 0) is 19.1 Å². The summed E-state index contributed by atoms with van der Waals surface area (Å²) in [6, 6.07) is 3.87. The van der Waals surface area contributed by atoms with E-state index in [-0.39, 0.29) is 12.6 Å². The Bertz CT molecular complexity index is 184. The highest BCUT2D eigenvalue weighted by Gasteiger charge is 1.99. The minimum atomic E-state index is 0.125. The molecule has 0 radical (unpaired) electrons. The van der Waals surface area contributed by atoms with Gasteiger partial charge in [0.1, 0.15) is 5.76 Å². The first-order valence-corrected chi connectivity index (χ1v) is 3.69. The van der Waals surface area contributed by atoms with Crippen LogP contribution >= 0.6 is 0 Å². The van der Waals surface area contributed by atoms with Crippen LogP contribution in [0.15, 0.2) is 22.8 Å². The zero-order chi connectivity index (χ0) is 8.10. The zero-order valence-corrected chi connectivity index (χ0v) is 6.58. The molecule has 0 saturated heterocycles. The molecule has 0 aromatic carbocycles. The van der Waals surface area contributed by atoms with Gasteiger partial charge >= 0.3 is 0 Å². The van der Waals surface area contributed by atoms with Crippen LogP contribution in [0.5, 0.6) is 0 Å². The molecule has 2 N–H and O–H groups in total. The normalized spacial score (nSPS) is 13.3. The van der Waals surface area contributed by atoms with Gasteiger partial charge in [-0.3, -0.25) is 0 Å². The van der Waals surface area contributed by atoms with E-state index in [1.165, 1.54) is 0 Å². The van der Waals surface area contributed by atoms with Gasteiger partial charge < -0.3 is 14.8 Å². The van der Waals surface area contributed by atoms with Crippen LogP contribution in [0.3, 0.4) is 0 Å². The summed E-state index contributed by atoms with van der Waals surface area (Å²) in [4.78, 5) is 0. The first-order chi connectivity index (χ1) is 5.33. The molecule has 1 aromatic heterocycles. The minimum absolute atomic E-state index is 0.125. The Kier molecular flexibility index (Phi) is 3.14. The molecule has 62 valence electrons. The number of aliphatic hydroxyl groups excluding tert-OH is 1. The topological polar surface area (TPSA) is 45.4 Å². The Morgan fingerprint density at radius 1 is 1.73 bits per heavy atom. The van der Waals surface area contributed by atoms with Crippen LogP contribution < -0.4 is 5.32 Å².